The van der Waals surface area contributed by atoms with Crippen molar-refractivity contribution in [3.63, 3.8) is 0 Å². The fraction of sp³-hybridized carbons (Fsp3) is 0.300. The molecule has 4 aromatic rings. The SMILES string of the molecule is CC(C)OCc1cc2c(ccn2C(N)=O)cc1Oc1ccnc(NC(=O)c2ccc(C3CCNCC3)cc2)c1. The maximum absolute atomic E-state index is 12.9. The standard InChI is InChI=1S/C30H33N5O4/c1-19(2)38-18-24-15-26-23(10-14-35(26)30(31)37)16-27(24)39-25-9-13-33-28(17-25)34-29(36)22-5-3-20(4-6-22)21-7-11-32-12-8-21/h3-6,9-10,13-17,19,21,32H,7-8,11-12,18H2,1-2H3,(H2,31,37)(H,33,34,36). The monoisotopic (exact) mass is 527 g/mol. The number of rotatable bonds is 8. The molecular weight excluding hydrogens is 494 g/mol. The van der Waals surface area contributed by atoms with Gasteiger partial charge in [0.2, 0.25) is 0 Å². The minimum absolute atomic E-state index is 0.00736. The van der Waals surface area contributed by atoms with Crippen LogP contribution in [0.3, 0.4) is 0 Å². The number of hydrogen-bond donors (Lipinski definition) is 3. The maximum atomic E-state index is 12.9. The van der Waals surface area contributed by atoms with Crippen LogP contribution in [-0.4, -0.2) is 40.7 Å². The Morgan fingerprint density at radius 3 is 2.59 bits per heavy atom. The number of anilines is 1. The molecule has 2 aromatic carbocycles. The Morgan fingerprint density at radius 1 is 1.10 bits per heavy atom. The first-order chi connectivity index (χ1) is 18.9. The van der Waals surface area contributed by atoms with Crippen LogP contribution in [-0.2, 0) is 11.3 Å². The second-order valence-electron chi connectivity index (χ2n) is 9.98. The Bertz CT molecular complexity index is 1470. The van der Waals surface area contributed by atoms with Gasteiger partial charge in [0.15, 0.2) is 0 Å². The molecule has 1 aliphatic rings. The zero-order chi connectivity index (χ0) is 27.4. The van der Waals surface area contributed by atoms with E-state index >= 15 is 0 Å². The predicted molar refractivity (Wildman–Crippen MR) is 150 cm³/mol. The van der Waals surface area contributed by atoms with Gasteiger partial charge >= 0.3 is 6.03 Å². The summed E-state index contributed by atoms with van der Waals surface area (Å²) >= 11 is 0. The van der Waals surface area contributed by atoms with Crippen molar-refractivity contribution in [2.45, 2.75) is 45.3 Å². The van der Waals surface area contributed by atoms with Gasteiger partial charge in [-0.25, -0.2) is 9.78 Å². The van der Waals surface area contributed by atoms with Gasteiger partial charge in [-0.2, -0.15) is 0 Å². The summed E-state index contributed by atoms with van der Waals surface area (Å²) in [5, 5.41) is 7.04. The van der Waals surface area contributed by atoms with Crippen LogP contribution < -0.4 is 21.1 Å². The summed E-state index contributed by atoms with van der Waals surface area (Å²) in [7, 11) is 0. The van der Waals surface area contributed by atoms with Crippen molar-refractivity contribution in [2.24, 2.45) is 5.73 Å². The molecule has 9 heteroatoms. The van der Waals surface area contributed by atoms with Crippen molar-refractivity contribution in [3.05, 3.63) is 83.7 Å². The number of pyridine rings is 1. The van der Waals surface area contributed by atoms with E-state index in [1.807, 2.05) is 50.2 Å². The molecule has 0 radical (unpaired) electrons. The number of piperidine rings is 1. The lowest BCUT2D eigenvalue weighted by molar-refractivity contribution is 0.0647. The fourth-order valence-corrected chi connectivity index (χ4v) is 4.78. The number of ether oxygens (including phenoxy) is 2. The third kappa shape index (κ3) is 6.27. The number of carbonyl (C=O) groups excluding carboxylic acids is 2. The highest BCUT2D eigenvalue weighted by molar-refractivity contribution is 6.03. The number of nitrogens with two attached hydrogens (primary N) is 1. The van der Waals surface area contributed by atoms with Crippen LogP contribution in [0, 0.1) is 0 Å². The third-order valence-corrected chi connectivity index (χ3v) is 6.87. The number of nitrogens with zero attached hydrogens (tertiary/aromatic N) is 2. The first-order valence-corrected chi connectivity index (χ1v) is 13.2. The number of hydrogen-bond acceptors (Lipinski definition) is 6. The van der Waals surface area contributed by atoms with Crippen molar-refractivity contribution < 1.29 is 19.1 Å². The molecular formula is C30H33N5O4. The zero-order valence-electron chi connectivity index (χ0n) is 22.1. The highest BCUT2D eigenvalue weighted by Gasteiger charge is 2.17. The van der Waals surface area contributed by atoms with Gasteiger partial charge in [-0.1, -0.05) is 12.1 Å². The second kappa shape index (κ2) is 11.7. The lowest BCUT2D eigenvalue weighted by atomic mass is 9.90. The molecule has 39 heavy (non-hydrogen) atoms. The van der Waals surface area contributed by atoms with Gasteiger partial charge in [0.1, 0.15) is 17.3 Å². The summed E-state index contributed by atoms with van der Waals surface area (Å²) in [6.07, 6.45) is 5.43. The number of nitrogens with one attached hydrogen (secondary N) is 2. The van der Waals surface area contributed by atoms with Crippen LogP contribution in [0.1, 0.15) is 54.1 Å². The lowest BCUT2D eigenvalue weighted by Gasteiger charge is -2.23. The average molecular weight is 528 g/mol. The van der Waals surface area contributed by atoms with Crippen molar-refractivity contribution in [3.8, 4) is 11.5 Å². The second-order valence-corrected chi connectivity index (χ2v) is 9.98. The molecule has 0 saturated carbocycles. The molecule has 3 heterocycles. The molecule has 1 saturated heterocycles. The summed E-state index contributed by atoms with van der Waals surface area (Å²) in [6.45, 7) is 6.23. The summed E-state index contributed by atoms with van der Waals surface area (Å²) in [5.41, 5.74) is 8.78. The smallest absolute Gasteiger partial charge is 0.323 e. The topological polar surface area (TPSA) is 120 Å². The first kappa shape index (κ1) is 26.4. The van der Waals surface area contributed by atoms with Crippen molar-refractivity contribution in [2.75, 3.05) is 18.4 Å². The number of amides is 2. The average Bonchev–Trinajstić information content (AvgIpc) is 3.35. The van der Waals surface area contributed by atoms with Crippen LogP contribution >= 0.6 is 0 Å². The van der Waals surface area contributed by atoms with Crippen molar-refractivity contribution >= 4 is 28.7 Å². The minimum Gasteiger partial charge on any atom is -0.457 e. The normalized spacial score (nSPS) is 14.0. The molecule has 0 atom stereocenters. The third-order valence-electron chi connectivity index (χ3n) is 6.87. The Labute approximate surface area is 227 Å². The molecule has 1 fully saturated rings. The number of benzene rings is 2. The zero-order valence-corrected chi connectivity index (χ0v) is 22.1. The van der Waals surface area contributed by atoms with Crippen LogP contribution in [0.2, 0.25) is 0 Å². The highest BCUT2D eigenvalue weighted by atomic mass is 16.5. The first-order valence-electron chi connectivity index (χ1n) is 13.2. The molecule has 0 aliphatic carbocycles. The molecule has 0 spiro atoms. The van der Waals surface area contributed by atoms with E-state index in [0.717, 1.165) is 36.9 Å². The molecule has 4 N–H and O–H groups in total. The number of aromatic nitrogens is 2. The van der Waals surface area contributed by atoms with Gasteiger partial charge in [-0.05, 0) is 87.7 Å². The van der Waals surface area contributed by atoms with E-state index in [4.69, 9.17) is 15.2 Å². The van der Waals surface area contributed by atoms with E-state index < -0.39 is 6.03 Å². The largest absolute Gasteiger partial charge is 0.457 e. The Balaban J connectivity index is 1.33. The summed E-state index contributed by atoms with van der Waals surface area (Å²) in [6, 6.07) is 16.1. The maximum Gasteiger partial charge on any atom is 0.323 e. The minimum atomic E-state index is -0.565. The molecule has 1 aliphatic heterocycles. The molecule has 5 rings (SSSR count). The van der Waals surface area contributed by atoms with E-state index in [-0.39, 0.29) is 18.6 Å². The number of carbonyl (C=O) groups is 2. The molecule has 0 unspecified atom stereocenters. The number of primary amides is 1. The van der Waals surface area contributed by atoms with E-state index in [1.54, 1.807) is 30.6 Å². The lowest BCUT2D eigenvalue weighted by Crippen LogP contribution is -2.26. The van der Waals surface area contributed by atoms with Crippen LogP contribution in [0.15, 0.2) is 67.0 Å². The van der Waals surface area contributed by atoms with Gasteiger partial charge in [0, 0.05) is 35.0 Å². The van der Waals surface area contributed by atoms with E-state index in [9.17, 15) is 9.59 Å². The Kier molecular flexibility index (Phi) is 7.90. The van der Waals surface area contributed by atoms with Crippen LogP contribution in [0.25, 0.3) is 10.9 Å². The van der Waals surface area contributed by atoms with Crippen molar-refractivity contribution in [1.29, 1.82) is 0 Å². The summed E-state index contributed by atoms with van der Waals surface area (Å²) in [4.78, 5) is 29.0. The van der Waals surface area contributed by atoms with Gasteiger partial charge in [-0.3, -0.25) is 9.36 Å². The fourth-order valence-electron chi connectivity index (χ4n) is 4.78. The molecule has 2 amide bonds. The molecule has 202 valence electrons. The van der Waals surface area contributed by atoms with Gasteiger partial charge in [0.05, 0.1) is 18.2 Å². The highest BCUT2D eigenvalue weighted by Crippen LogP contribution is 2.32. The number of fused-ring (bicyclic) bond motifs is 1. The van der Waals surface area contributed by atoms with E-state index in [2.05, 4.69) is 15.6 Å². The summed E-state index contributed by atoms with van der Waals surface area (Å²) in [5.74, 6) is 1.74. The molecule has 0 bridgehead atoms. The molecule has 2 aromatic heterocycles. The quantitative estimate of drug-likeness (QED) is 0.282. The van der Waals surface area contributed by atoms with Gasteiger partial charge in [-0.15, -0.1) is 0 Å². The Hall–Kier alpha value is -4.21. The van der Waals surface area contributed by atoms with Crippen LogP contribution in [0.4, 0.5) is 10.6 Å². The van der Waals surface area contributed by atoms with E-state index in [1.165, 1.54) is 10.1 Å². The van der Waals surface area contributed by atoms with Gasteiger partial charge in [0.25, 0.3) is 5.91 Å². The van der Waals surface area contributed by atoms with Gasteiger partial charge < -0.3 is 25.8 Å². The Morgan fingerprint density at radius 2 is 1.87 bits per heavy atom. The van der Waals surface area contributed by atoms with E-state index in [0.29, 0.717) is 34.3 Å². The molecule has 9 nitrogen and oxygen atoms in total. The van der Waals surface area contributed by atoms with Crippen molar-refractivity contribution in [1.82, 2.24) is 14.9 Å². The predicted octanol–water partition coefficient (Wildman–Crippen LogP) is 5.40. The van der Waals surface area contributed by atoms with Crippen LogP contribution in [0.5, 0.6) is 11.5 Å². The summed E-state index contributed by atoms with van der Waals surface area (Å²) < 4.78 is 13.4.